The number of hydrogen-bond acceptors (Lipinski definition) is 2. The molecule has 1 aliphatic heterocycles. The number of nitrogens with zero attached hydrogens (tertiary/aromatic N) is 1. The third-order valence-corrected chi connectivity index (χ3v) is 4.44. The van der Waals surface area contributed by atoms with Crippen molar-refractivity contribution < 1.29 is 4.74 Å². The van der Waals surface area contributed by atoms with E-state index in [4.69, 9.17) is 4.74 Å². The minimum Gasteiger partial charge on any atom is -0.499 e. The quantitative estimate of drug-likeness (QED) is 0.487. The number of rotatable bonds is 7. The maximum atomic E-state index is 5.68. The first-order valence-corrected chi connectivity index (χ1v) is 7.87. The molecule has 0 spiro atoms. The van der Waals surface area contributed by atoms with E-state index in [-0.39, 0.29) is 11.1 Å². The highest BCUT2D eigenvalue weighted by Crippen LogP contribution is 2.39. The van der Waals surface area contributed by atoms with Crippen molar-refractivity contribution in [1.29, 1.82) is 0 Å². The van der Waals surface area contributed by atoms with E-state index in [1.54, 1.807) is 6.26 Å². The smallest absolute Gasteiger partial charge is 0.101 e. The average Bonchev–Trinajstić information content (AvgIpc) is 2.25. The molecule has 1 heterocycles. The van der Waals surface area contributed by atoms with Crippen LogP contribution in [0.1, 0.15) is 73.1 Å². The number of hydrogen-bond donors (Lipinski definition) is 0. The Balaban J connectivity index is 2.65. The van der Waals surface area contributed by atoms with Crippen LogP contribution in [-0.4, -0.2) is 28.6 Å². The third kappa shape index (κ3) is 4.52. The lowest BCUT2D eigenvalue weighted by molar-refractivity contribution is -0.0843. The zero-order valence-electron chi connectivity index (χ0n) is 13.7. The van der Waals surface area contributed by atoms with Crippen LogP contribution in [0.15, 0.2) is 12.8 Å². The first-order chi connectivity index (χ1) is 8.83. The first kappa shape index (κ1) is 16.6. The maximum absolute atomic E-state index is 5.68. The van der Waals surface area contributed by atoms with Gasteiger partial charge in [0.1, 0.15) is 6.10 Å². The van der Waals surface area contributed by atoms with E-state index in [9.17, 15) is 0 Å². The molecule has 0 bridgehead atoms. The Kier molecular flexibility index (Phi) is 5.91. The van der Waals surface area contributed by atoms with Crippen LogP contribution in [-0.2, 0) is 4.74 Å². The molecule has 2 nitrogen and oxygen atoms in total. The molecule has 0 aliphatic carbocycles. The van der Waals surface area contributed by atoms with E-state index in [1.165, 1.54) is 32.2 Å². The summed E-state index contributed by atoms with van der Waals surface area (Å²) in [4.78, 5) is 2.69. The van der Waals surface area contributed by atoms with Gasteiger partial charge in [0.15, 0.2) is 0 Å². The molecule has 0 aromatic carbocycles. The second-order valence-electron chi connectivity index (χ2n) is 7.17. The molecule has 19 heavy (non-hydrogen) atoms. The number of likely N-dealkylation sites (tertiary alicyclic amines) is 1. The highest BCUT2D eigenvalue weighted by atomic mass is 16.5. The van der Waals surface area contributed by atoms with Crippen LogP contribution in [0.2, 0.25) is 0 Å². The van der Waals surface area contributed by atoms with Crippen LogP contribution in [0.25, 0.3) is 0 Å². The lowest BCUT2D eigenvalue weighted by atomic mass is 9.78. The van der Waals surface area contributed by atoms with Crippen LogP contribution in [0.5, 0.6) is 0 Å². The Hall–Kier alpha value is -0.500. The third-order valence-electron chi connectivity index (χ3n) is 4.44. The monoisotopic (exact) mass is 267 g/mol. The van der Waals surface area contributed by atoms with Gasteiger partial charge < -0.3 is 4.74 Å². The molecule has 0 aromatic heterocycles. The molecule has 0 amide bonds. The summed E-state index contributed by atoms with van der Waals surface area (Å²) < 4.78 is 5.68. The SMILES string of the molecule is C=COC1CC(C)(C)N(CCCCCC)C(C)(C)C1. The fourth-order valence-corrected chi connectivity index (χ4v) is 3.76. The molecular weight excluding hydrogens is 234 g/mol. The largest absolute Gasteiger partial charge is 0.499 e. The number of ether oxygens (including phenoxy) is 1. The molecular formula is C17H33NO. The van der Waals surface area contributed by atoms with Crippen LogP contribution < -0.4 is 0 Å². The molecule has 1 fully saturated rings. The minimum absolute atomic E-state index is 0.210. The lowest BCUT2D eigenvalue weighted by Crippen LogP contribution is -2.62. The molecule has 112 valence electrons. The standard InChI is InChI=1S/C17H33NO/c1-7-9-10-11-12-18-16(3,4)13-15(19-8-2)14-17(18,5)6/h8,15H,2,7,9-14H2,1,3-6H3. The van der Waals surface area contributed by atoms with E-state index in [2.05, 4.69) is 46.1 Å². The van der Waals surface area contributed by atoms with Crippen molar-refractivity contribution in [3.63, 3.8) is 0 Å². The van der Waals surface area contributed by atoms with E-state index in [0.29, 0.717) is 6.10 Å². The Labute approximate surface area is 120 Å². The van der Waals surface area contributed by atoms with Gasteiger partial charge in [0.2, 0.25) is 0 Å². The zero-order chi connectivity index (χ0) is 14.5. The lowest BCUT2D eigenvalue weighted by Gasteiger charge is -2.55. The van der Waals surface area contributed by atoms with Crippen molar-refractivity contribution in [3.8, 4) is 0 Å². The summed E-state index contributed by atoms with van der Waals surface area (Å²) >= 11 is 0. The van der Waals surface area contributed by atoms with Crippen LogP contribution in [0, 0.1) is 0 Å². The molecule has 2 heteroatoms. The summed E-state index contributed by atoms with van der Waals surface area (Å²) in [5, 5.41) is 0. The van der Waals surface area contributed by atoms with E-state index in [0.717, 1.165) is 12.8 Å². The summed E-state index contributed by atoms with van der Waals surface area (Å²) in [5.74, 6) is 0. The number of piperidine rings is 1. The van der Waals surface area contributed by atoms with Crippen molar-refractivity contribution in [2.24, 2.45) is 0 Å². The normalized spacial score (nSPS) is 23.2. The summed E-state index contributed by atoms with van der Waals surface area (Å²) in [6, 6.07) is 0. The fourth-order valence-electron chi connectivity index (χ4n) is 3.76. The number of unbranched alkanes of at least 4 members (excludes halogenated alkanes) is 3. The summed E-state index contributed by atoms with van der Waals surface area (Å²) in [7, 11) is 0. The first-order valence-electron chi connectivity index (χ1n) is 7.87. The van der Waals surface area contributed by atoms with Gasteiger partial charge in [-0.3, -0.25) is 4.90 Å². The van der Waals surface area contributed by atoms with Gasteiger partial charge in [-0.05, 0) is 40.7 Å². The van der Waals surface area contributed by atoms with Crippen LogP contribution in [0.4, 0.5) is 0 Å². The fraction of sp³-hybridized carbons (Fsp3) is 0.882. The van der Waals surface area contributed by atoms with Gasteiger partial charge >= 0.3 is 0 Å². The van der Waals surface area contributed by atoms with E-state index in [1.807, 2.05) is 0 Å². The van der Waals surface area contributed by atoms with Crippen molar-refractivity contribution in [1.82, 2.24) is 4.90 Å². The van der Waals surface area contributed by atoms with Crippen LogP contribution in [0.3, 0.4) is 0 Å². The highest BCUT2D eigenvalue weighted by Gasteiger charge is 2.45. The van der Waals surface area contributed by atoms with Crippen molar-refractivity contribution in [3.05, 3.63) is 12.8 Å². The van der Waals surface area contributed by atoms with Gasteiger partial charge in [-0.25, -0.2) is 0 Å². The second kappa shape index (κ2) is 6.78. The topological polar surface area (TPSA) is 12.5 Å². The Morgan fingerprint density at radius 2 is 1.68 bits per heavy atom. The molecule has 0 radical (unpaired) electrons. The summed E-state index contributed by atoms with van der Waals surface area (Å²) in [6.07, 6.45) is 9.44. The Bertz CT molecular complexity index is 265. The predicted octanol–water partition coefficient (Wildman–Crippen LogP) is 4.75. The Morgan fingerprint density at radius 3 is 2.16 bits per heavy atom. The zero-order valence-corrected chi connectivity index (χ0v) is 13.7. The van der Waals surface area contributed by atoms with Gasteiger partial charge in [-0.1, -0.05) is 32.8 Å². The summed E-state index contributed by atoms with van der Waals surface area (Å²) in [6.45, 7) is 16.6. The van der Waals surface area contributed by atoms with Gasteiger partial charge in [0, 0.05) is 23.9 Å². The highest BCUT2D eigenvalue weighted by molar-refractivity contribution is 5.00. The molecule has 1 saturated heterocycles. The second-order valence-corrected chi connectivity index (χ2v) is 7.17. The molecule has 0 aromatic rings. The molecule has 0 atom stereocenters. The van der Waals surface area contributed by atoms with Crippen LogP contribution >= 0.6 is 0 Å². The Morgan fingerprint density at radius 1 is 1.11 bits per heavy atom. The molecule has 0 saturated carbocycles. The van der Waals surface area contributed by atoms with E-state index < -0.39 is 0 Å². The van der Waals surface area contributed by atoms with Crippen molar-refractivity contribution in [2.75, 3.05) is 6.54 Å². The van der Waals surface area contributed by atoms with Crippen molar-refractivity contribution >= 4 is 0 Å². The van der Waals surface area contributed by atoms with Gasteiger partial charge in [0.25, 0.3) is 0 Å². The molecule has 1 rings (SSSR count). The van der Waals surface area contributed by atoms with E-state index >= 15 is 0 Å². The maximum Gasteiger partial charge on any atom is 0.101 e. The summed E-state index contributed by atoms with van der Waals surface area (Å²) in [5.41, 5.74) is 0.420. The van der Waals surface area contributed by atoms with Gasteiger partial charge in [0.05, 0.1) is 6.26 Å². The predicted molar refractivity (Wildman–Crippen MR) is 83.3 cm³/mol. The van der Waals surface area contributed by atoms with Crippen molar-refractivity contribution in [2.45, 2.75) is 90.3 Å². The average molecular weight is 267 g/mol. The minimum atomic E-state index is 0.210. The van der Waals surface area contributed by atoms with Gasteiger partial charge in [-0.2, -0.15) is 0 Å². The molecule has 1 aliphatic rings. The molecule has 0 unspecified atom stereocenters. The molecule has 0 N–H and O–H groups in total. The van der Waals surface area contributed by atoms with Gasteiger partial charge in [-0.15, -0.1) is 0 Å².